The number of hydrogen-bond acceptors (Lipinski definition) is 2. The van der Waals surface area contributed by atoms with Crippen LogP contribution < -0.4 is 5.32 Å². The van der Waals surface area contributed by atoms with Crippen LogP contribution in [0.1, 0.15) is 25.7 Å². The van der Waals surface area contributed by atoms with E-state index in [0.29, 0.717) is 12.6 Å². The summed E-state index contributed by atoms with van der Waals surface area (Å²) >= 11 is 0. The third-order valence-corrected chi connectivity index (χ3v) is 2.68. The van der Waals surface area contributed by atoms with Crippen molar-refractivity contribution in [3.05, 3.63) is 0 Å². The summed E-state index contributed by atoms with van der Waals surface area (Å²) in [5, 5.41) is 2.86. The van der Waals surface area contributed by atoms with Gasteiger partial charge in [0.2, 0.25) is 0 Å². The Morgan fingerprint density at radius 2 is 2.18 bits per heavy atom. The second-order valence-electron chi connectivity index (χ2n) is 3.37. The minimum absolute atomic E-state index is 0.229. The quantitative estimate of drug-likeness (QED) is 0.619. The molecule has 0 spiro atoms. The van der Waals surface area contributed by atoms with Gasteiger partial charge in [0.1, 0.15) is 0 Å². The zero-order valence-corrected chi connectivity index (χ0v) is 6.51. The molecule has 1 amide bonds. The van der Waals surface area contributed by atoms with Crippen molar-refractivity contribution in [3.63, 3.8) is 0 Å². The largest absolute Gasteiger partial charge is 0.449 e. The molecule has 1 atom stereocenters. The maximum atomic E-state index is 10.8. The van der Waals surface area contributed by atoms with Gasteiger partial charge in [-0.05, 0) is 18.8 Å². The minimum Gasteiger partial charge on any atom is -0.449 e. The van der Waals surface area contributed by atoms with E-state index in [1.54, 1.807) is 0 Å². The molecule has 2 aliphatic rings. The molecule has 1 N–H and O–H groups in total. The Kier molecular flexibility index (Phi) is 1.72. The second-order valence-corrected chi connectivity index (χ2v) is 3.37. The minimum atomic E-state index is -0.229. The van der Waals surface area contributed by atoms with Gasteiger partial charge in [0.05, 0.1) is 6.61 Å². The molecule has 2 fully saturated rings. The fraction of sp³-hybridized carbons (Fsp3) is 0.875. The van der Waals surface area contributed by atoms with Gasteiger partial charge in [-0.2, -0.15) is 0 Å². The first-order valence-corrected chi connectivity index (χ1v) is 4.29. The van der Waals surface area contributed by atoms with Crippen LogP contribution in [-0.2, 0) is 4.74 Å². The Labute approximate surface area is 66.1 Å². The topological polar surface area (TPSA) is 38.3 Å². The SMILES string of the molecule is O=C1NC(C2CCC2)CCO1. The number of nitrogens with one attached hydrogen (secondary N) is 1. The zero-order valence-electron chi connectivity index (χ0n) is 6.51. The van der Waals surface area contributed by atoms with E-state index in [-0.39, 0.29) is 6.09 Å². The van der Waals surface area contributed by atoms with E-state index in [1.807, 2.05) is 0 Å². The Balaban J connectivity index is 1.87. The molecule has 62 valence electrons. The third kappa shape index (κ3) is 1.32. The number of hydrogen-bond donors (Lipinski definition) is 1. The highest BCUT2D eigenvalue weighted by Crippen LogP contribution is 2.31. The third-order valence-electron chi connectivity index (χ3n) is 2.68. The van der Waals surface area contributed by atoms with E-state index in [1.165, 1.54) is 19.3 Å². The van der Waals surface area contributed by atoms with Crippen molar-refractivity contribution in [2.75, 3.05) is 6.61 Å². The lowest BCUT2D eigenvalue weighted by Crippen LogP contribution is -2.47. The smallest absolute Gasteiger partial charge is 0.407 e. The first-order chi connectivity index (χ1) is 5.36. The van der Waals surface area contributed by atoms with Crippen LogP contribution in [0.3, 0.4) is 0 Å². The molecular formula is C8H13NO2. The predicted octanol–water partition coefficient (Wildman–Crippen LogP) is 1.28. The summed E-state index contributed by atoms with van der Waals surface area (Å²) in [5.41, 5.74) is 0. The molecule has 0 radical (unpaired) electrons. The predicted molar refractivity (Wildman–Crippen MR) is 40.2 cm³/mol. The van der Waals surface area contributed by atoms with Crippen molar-refractivity contribution in [1.82, 2.24) is 5.32 Å². The summed E-state index contributed by atoms with van der Waals surface area (Å²) < 4.78 is 4.78. The lowest BCUT2D eigenvalue weighted by atomic mass is 9.78. The fourth-order valence-corrected chi connectivity index (χ4v) is 1.74. The van der Waals surface area contributed by atoms with Gasteiger partial charge in [-0.25, -0.2) is 4.79 Å². The molecule has 2 rings (SSSR count). The van der Waals surface area contributed by atoms with Crippen molar-refractivity contribution >= 4 is 6.09 Å². The molecule has 1 aliphatic carbocycles. The maximum absolute atomic E-state index is 10.8. The number of cyclic esters (lactones) is 1. The molecule has 1 heterocycles. The van der Waals surface area contributed by atoms with E-state index in [2.05, 4.69) is 5.32 Å². The van der Waals surface area contributed by atoms with Gasteiger partial charge in [0, 0.05) is 12.5 Å². The average molecular weight is 155 g/mol. The molecule has 0 aromatic rings. The van der Waals surface area contributed by atoms with Crippen LogP contribution in [0.15, 0.2) is 0 Å². The molecule has 11 heavy (non-hydrogen) atoms. The van der Waals surface area contributed by atoms with Crippen LogP contribution in [0.2, 0.25) is 0 Å². The van der Waals surface area contributed by atoms with E-state index in [9.17, 15) is 4.79 Å². The average Bonchev–Trinajstić information content (AvgIpc) is 1.83. The molecule has 0 bridgehead atoms. The van der Waals surface area contributed by atoms with Gasteiger partial charge < -0.3 is 10.1 Å². The number of rotatable bonds is 1. The summed E-state index contributed by atoms with van der Waals surface area (Å²) in [7, 11) is 0. The summed E-state index contributed by atoms with van der Waals surface area (Å²) in [4.78, 5) is 10.8. The molecule has 1 saturated heterocycles. The second kappa shape index (κ2) is 2.72. The number of carbonyl (C=O) groups is 1. The molecule has 0 aromatic heterocycles. The number of alkyl carbamates (subject to hydrolysis) is 1. The molecule has 3 nitrogen and oxygen atoms in total. The number of ether oxygens (including phenoxy) is 1. The highest BCUT2D eigenvalue weighted by atomic mass is 16.5. The van der Waals surface area contributed by atoms with Crippen LogP contribution in [0, 0.1) is 5.92 Å². The fourth-order valence-electron chi connectivity index (χ4n) is 1.74. The normalized spacial score (nSPS) is 32.0. The van der Waals surface area contributed by atoms with Crippen LogP contribution in [0.4, 0.5) is 4.79 Å². The molecular weight excluding hydrogens is 142 g/mol. The summed E-state index contributed by atoms with van der Waals surface area (Å²) in [6, 6.07) is 0.407. The van der Waals surface area contributed by atoms with Crippen molar-refractivity contribution in [1.29, 1.82) is 0 Å². The van der Waals surface area contributed by atoms with E-state index >= 15 is 0 Å². The van der Waals surface area contributed by atoms with Gasteiger partial charge >= 0.3 is 6.09 Å². The van der Waals surface area contributed by atoms with Gasteiger partial charge in [-0.3, -0.25) is 0 Å². The Hall–Kier alpha value is -0.730. The lowest BCUT2D eigenvalue weighted by Gasteiger charge is -2.36. The van der Waals surface area contributed by atoms with Gasteiger partial charge in [0.15, 0.2) is 0 Å². The number of carbonyl (C=O) groups excluding carboxylic acids is 1. The standard InChI is InChI=1S/C8H13NO2/c10-8-9-7(4-5-11-8)6-2-1-3-6/h6-7H,1-5H2,(H,9,10). The molecule has 0 aromatic carbocycles. The Bertz CT molecular complexity index is 165. The van der Waals surface area contributed by atoms with Crippen molar-refractivity contribution < 1.29 is 9.53 Å². The van der Waals surface area contributed by atoms with Crippen molar-refractivity contribution in [2.24, 2.45) is 5.92 Å². The first-order valence-electron chi connectivity index (χ1n) is 4.29. The summed E-state index contributed by atoms with van der Waals surface area (Å²) in [6.07, 6.45) is 4.66. The van der Waals surface area contributed by atoms with Gasteiger partial charge in [0.25, 0.3) is 0 Å². The number of amides is 1. The van der Waals surface area contributed by atoms with Gasteiger partial charge in [-0.15, -0.1) is 0 Å². The van der Waals surface area contributed by atoms with Gasteiger partial charge in [-0.1, -0.05) is 6.42 Å². The first kappa shape index (κ1) is 6.95. The maximum Gasteiger partial charge on any atom is 0.407 e. The van der Waals surface area contributed by atoms with Crippen LogP contribution in [-0.4, -0.2) is 18.7 Å². The van der Waals surface area contributed by atoms with Crippen molar-refractivity contribution in [3.8, 4) is 0 Å². The molecule has 1 saturated carbocycles. The Morgan fingerprint density at radius 1 is 1.36 bits per heavy atom. The highest BCUT2D eigenvalue weighted by molar-refractivity contribution is 5.68. The summed E-state index contributed by atoms with van der Waals surface area (Å²) in [6.45, 7) is 0.604. The summed E-state index contributed by atoms with van der Waals surface area (Å²) in [5.74, 6) is 0.739. The van der Waals surface area contributed by atoms with Crippen molar-refractivity contribution in [2.45, 2.75) is 31.7 Å². The molecule has 3 heteroatoms. The van der Waals surface area contributed by atoms with E-state index < -0.39 is 0 Å². The zero-order chi connectivity index (χ0) is 7.68. The molecule has 1 aliphatic heterocycles. The van der Waals surface area contributed by atoms with E-state index in [0.717, 1.165) is 12.3 Å². The lowest BCUT2D eigenvalue weighted by molar-refractivity contribution is 0.0900. The highest BCUT2D eigenvalue weighted by Gasteiger charge is 2.30. The molecule has 1 unspecified atom stereocenters. The van der Waals surface area contributed by atoms with Crippen LogP contribution >= 0.6 is 0 Å². The monoisotopic (exact) mass is 155 g/mol. The van der Waals surface area contributed by atoms with Crippen LogP contribution in [0.25, 0.3) is 0 Å². The Morgan fingerprint density at radius 3 is 2.73 bits per heavy atom. The van der Waals surface area contributed by atoms with E-state index in [4.69, 9.17) is 4.74 Å². The van der Waals surface area contributed by atoms with Crippen LogP contribution in [0.5, 0.6) is 0 Å².